The third kappa shape index (κ3) is 5.98. The summed E-state index contributed by atoms with van der Waals surface area (Å²) in [6.07, 6.45) is 5.26. The Morgan fingerprint density at radius 1 is 1.28 bits per heavy atom. The predicted octanol–water partition coefficient (Wildman–Crippen LogP) is 6.49. The van der Waals surface area contributed by atoms with Gasteiger partial charge < -0.3 is 4.72 Å². The Labute approximate surface area is 132 Å². The second-order valence-electron chi connectivity index (χ2n) is 4.45. The first-order chi connectivity index (χ1) is 8.67. The van der Waals surface area contributed by atoms with E-state index in [-0.39, 0.29) is 0 Å². The first kappa shape index (κ1) is 16.4. The molecule has 0 aliphatic rings. The fourth-order valence-electron chi connectivity index (χ4n) is 1.71. The van der Waals surface area contributed by atoms with Crippen LogP contribution in [0.3, 0.4) is 0 Å². The van der Waals surface area contributed by atoms with E-state index < -0.39 is 0 Å². The van der Waals surface area contributed by atoms with E-state index >= 15 is 0 Å². The van der Waals surface area contributed by atoms with Crippen LogP contribution in [0.15, 0.2) is 27.1 Å². The minimum absolute atomic E-state index is 0.827. The normalized spacial score (nSPS) is 12.4. The van der Waals surface area contributed by atoms with Crippen LogP contribution in [0.1, 0.15) is 39.5 Å². The minimum atomic E-state index is 0.827. The Morgan fingerprint density at radius 2 is 2.06 bits per heavy atom. The molecule has 0 radical (unpaired) electrons. The van der Waals surface area contributed by atoms with Crippen molar-refractivity contribution in [2.75, 3.05) is 10.5 Å². The second-order valence-corrected chi connectivity index (χ2v) is 7.05. The van der Waals surface area contributed by atoms with Crippen molar-refractivity contribution in [1.29, 1.82) is 0 Å². The van der Waals surface area contributed by atoms with Crippen molar-refractivity contribution in [1.82, 2.24) is 0 Å². The zero-order valence-corrected chi connectivity index (χ0v) is 15.0. The smallest absolute Gasteiger partial charge is 0.0595 e. The fraction of sp³-hybridized carbons (Fsp3) is 0.571. The van der Waals surface area contributed by atoms with Gasteiger partial charge in [0.05, 0.1) is 5.69 Å². The second kappa shape index (κ2) is 9.27. The van der Waals surface area contributed by atoms with Crippen LogP contribution in [0.5, 0.6) is 0 Å². The molecule has 0 spiro atoms. The summed E-state index contributed by atoms with van der Waals surface area (Å²) in [6.45, 7) is 4.55. The van der Waals surface area contributed by atoms with Crippen molar-refractivity contribution < 1.29 is 0 Å². The molecule has 102 valence electrons. The van der Waals surface area contributed by atoms with E-state index in [0.717, 1.165) is 20.6 Å². The number of hydrogen-bond donors (Lipinski definition) is 1. The van der Waals surface area contributed by atoms with Gasteiger partial charge in [0.15, 0.2) is 0 Å². The van der Waals surface area contributed by atoms with Gasteiger partial charge in [0.1, 0.15) is 0 Å². The molecule has 0 saturated heterocycles. The van der Waals surface area contributed by atoms with E-state index in [0.29, 0.717) is 0 Å². The minimum Gasteiger partial charge on any atom is -0.329 e. The van der Waals surface area contributed by atoms with Gasteiger partial charge in [0.25, 0.3) is 0 Å². The van der Waals surface area contributed by atoms with E-state index in [1.165, 1.54) is 31.4 Å². The molecule has 1 rings (SSSR count). The van der Waals surface area contributed by atoms with Gasteiger partial charge in [-0.25, -0.2) is 0 Å². The van der Waals surface area contributed by atoms with Crippen LogP contribution < -0.4 is 4.72 Å². The van der Waals surface area contributed by atoms with E-state index in [9.17, 15) is 0 Å². The first-order valence-corrected chi connectivity index (χ1v) is 9.07. The lowest BCUT2D eigenvalue weighted by Gasteiger charge is -2.15. The van der Waals surface area contributed by atoms with Crippen LogP contribution in [-0.4, -0.2) is 5.75 Å². The van der Waals surface area contributed by atoms with E-state index in [1.807, 2.05) is 18.0 Å². The number of nitrogens with one attached hydrogen (secondary N) is 1. The van der Waals surface area contributed by atoms with Gasteiger partial charge in [0.2, 0.25) is 0 Å². The Kier molecular flexibility index (Phi) is 8.44. The highest BCUT2D eigenvalue weighted by Crippen LogP contribution is 2.29. The molecule has 0 saturated carbocycles. The first-order valence-electron chi connectivity index (χ1n) is 6.50. The SMILES string of the molecule is CCCCC(CC)CSNc1cc(Br)ccc1Br. The maximum atomic E-state index is 3.56. The van der Waals surface area contributed by atoms with Gasteiger partial charge in [-0.3, -0.25) is 0 Å². The molecule has 0 aliphatic carbocycles. The van der Waals surface area contributed by atoms with Crippen molar-refractivity contribution in [3.63, 3.8) is 0 Å². The number of anilines is 1. The molecule has 4 heteroatoms. The summed E-state index contributed by atoms with van der Waals surface area (Å²) in [5.74, 6) is 2.00. The highest BCUT2D eigenvalue weighted by molar-refractivity contribution is 9.11. The topological polar surface area (TPSA) is 12.0 Å². The van der Waals surface area contributed by atoms with E-state index in [2.05, 4.69) is 62.6 Å². The average Bonchev–Trinajstić information content (AvgIpc) is 2.37. The highest BCUT2D eigenvalue weighted by Gasteiger charge is 2.07. The largest absolute Gasteiger partial charge is 0.329 e. The Hall–Kier alpha value is 0.330. The van der Waals surface area contributed by atoms with Crippen LogP contribution >= 0.6 is 43.8 Å². The van der Waals surface area contributed by atoms with Gasteiger partial charge in [-0.05, 0) is 46.5 Å². The van der Waals surface area contributed by atoms with Gasteiger partial charge in [-0.2, -0.15) is 0 Å². The lowest BCUT2D eigenvalue weighted by Crippen LogP contribution is -2.04. The lowest BCUT2D eigenvalue weighted by atomic mass is 10.0. The van der Waals surface area contributed by atoms with Crippen molar-refractivity contribution >= 4 is 49.5 Å². The molecular formula is C14H21Br2NS. The molecule has 18 heavy (non-hydrogen) atoms. The van der Waals surface area contributed by atoms with Gasteiger partial charge >= 0.3 is 0 Å². The summed E-state index contributed by atoms with van der Waals surface area (Å²) in [4.78, 5) is 0. The molecule has 1 aromatic rings. The van der Waals surface area contributed by atoms with Crippen molar-refractivity contribution in [3.8, 4) is 0 Å². The van der Waals surface area contributed by atoms with E-state index in [4.69, 9.17) is 0 Å². The third-order valence-corrected chi connectivity index (χ3v) is 5.16. The maximum Gasteiger partial charge on any atom is 0.0595 e. The number of halogens is 2. The molecular weight excluding hydrogens is 374 g/mol. The predicted molar refractivity (Wildman–Crippen MR) is 91.2 cm³/mol. The van der Waals surface area contributed by atoms with Crippen molar-refractivity contribution in [2.24, 2.45) is 5.92 Å². The van der Waals surface area contributed by atoms with Crippen LogP contribution in [0.25, 0.3) is 0 Å². The molecule has 1 aromatic carbocycles. The van der Waals surface area contributed by atoms with E-state index in [1.54, 1.807) is 0 Å². The molecule has 1 unspecified atom stereocenters. The van der Waals surface area contributed by atoms with Gasteiger partial charge in [-0.15, -0.1) is 0 Å². The molecule has 0 heterocycles. The number of hydrogen-bond acceptors (Lipinski definition) is 2. The lowest BCUT2D eigenvalue weighted by molar-refractivity contribution is 0.500. The van der Waals surface area contributed by atoms with Crippen molar-refractivity contribution in [3.05, 3.63) is 27.1 Å². The summed E-state index contributed by atoms with van der Waals surface area (Å²) in [6, 6.07) is 6.20. The summed E-state index contributed by atoms with van der Waals surface area (Å²) < 4.78 is 5.65. The Morgan fingerprint density at radius 3 is 2.72 bits per heavy atom. The number of benzene rings is 1. The van der Waals surface area contributed by atoms with Crippen LogP contribution in [-0.2, 0) is 0 Å². The highest BCUT2D eigenvalue weighted by atomic mass is 79.9. The molecule has 0 amide bonds. The molecule has 0 fully saturated rings. The Balaban J connectivity index is 2.37. The number of rotatable bonds is 8. The standard InChI is InChI=1S/C14H21Br2NS/c1-3-5-6-11(4-2)10-18-17-14-9-12(15)7-8-13(14)16/h7-9,11,17H,3-6,10H2,1-2H3. The van der Waals surface area contributed by atoms with Crippen LogP contribution in [0.4, 0.5) is 5.69 Å². The van der Waals surface area contributed by atoms with Gasteiger partial charge in [-0.1, -0.05) is 61.0 Å². The molecule has 1 nitrogen and oxygen atoms in total. The monoisotopic (exact) mass is 393 g/mol. The molecule has 1 N–H and O–H groups in total. The van der Waals surface area contributed by atoms with Gasteiger partial charge in [0, 0.05) is 14.7 Å². The summed E-state index contributed by atoms with van der Waals surface area (Å²) in [5.41, 5.74) is 1.14. The Bertz CT molecular complexity index is 358. The summed E-state index contributed by atoms with van der Waals surface area (Å²) in [7, 11) is 0. The van der Waals surface area contributed by atoms with Crippen LogP contribution in [0.2, 0.25) is 0 Å². The number of unbranched alkanes of at least 4 members (excludes halogenated alkanes) is 1. The maximum absolute atomic E-state index is 3.56. The fourth-order valence-corrected chi connectivity index (χ4v) is 3.59. The quantitative estimate of drug-likeness (QED) is 0.505. The third-order valence-electron chi connectivity index (χ3n) is 2.97. The summed E-state index contributed by atoms with van der Waals surface area (Å²) >= 11 is 8.87. The van der Waals surface area contributed by atoms with Crippen LogP contribution in [0, 0.1) is 5.92 Å². The average molecular weight is 395 g/mol. The van der Waals surface area contributed by atoms with Crippen molar-refractivity contribution in [2.45, 2.75) is 39.5 Å². The molecule has 0 aromatic heterocycles. The molecule has 0 aliphatic heterocycles. The summed E-state index contributed by atoms with van der Waals surface area (Å²) in [5, 5.41) is 0. The molecule has 1 atom stereocenters. The zero-order chi connectivity index (χ0) is 13.4. The molecule has 0 bridgehead atoms. The zero-order valence-electron chi connectivity index (χ0n) is 11.0.